The van der Waals surface area contributed by atoms with Gasteiger partial charge in [-0.15, -0.1) is 15.3 Å². The molecule has 3 aromatic rings. The highest BCUT2D eigenvalue weighted by Crippen LogP contribution is 2.25. The molecule has 0 spiro atoms. The van der Waals surface area contributed by atoms with Crippen molar-refractivity contribution in [2.45, 2.75) is 39.2 Å². The average Bonchev–Trinajstić information content (AvgIpc) is 2.97. The van der Waals surface area contributed by atoms with Gasteiger partial charge in [-0.2, -0.15) is 4.52 Å². The number of likely N-dealkylation sites (N-methyl/N-ethyl adjacent to an activating group) is 1. The Labute approximate surface area is 152 Å². The average molecular weight is 352 g/mol. The first-order chi connectivity index (χ1) is 12.3. The molecule has 1 aliphatic heterocycles. The van der Waals surface area contributed by atoms with Gasteiger partial charge in [0.1, 0.15) is 5.82 Å². The van der Waals surface area contributed by atoms with E-state index < -0.39 is 0 Å². The summed E-state index contributed by atoms with van der Waals surface area (Å²) in [5.41, 5.74) is 1.65. The third kappa shape index (κ3) is 2.85. The summed E-state index contributed by atoms with van der Waals surface area (Å²) in [5, 5.41) is 13.3. The molecule has 1 fully saturated rings. The van der Waals surface area contributed by atoms with Crippen molar-refractivity contribution in [2.75, 3.05) is 29.9 Å². The summed E-state index contributed by atoms with van der Waals surface area (Å²) in [5.74, 6) is 2.58. The molecule has 26 heavy (non-hydrogen) atoms. The van der Waals surface area contributed by atoms with Gasteiger partial charge in [-0.05, 0) is 25.1 Å². The first-order valence-corrected chi connectivity index (χ1v) is 8.83. The highest BCUT2D eigenvalue weighted by Gasteiger charge is 2.33. The molecule has 4 heterocycles. The molecule has 1 aliphatic rings. The molecular weight excluding hydrogens is 328 g/mol. The van der Waals surface area contributed by atoms with Crippen LogP contribution >= 0.6 is 0 Å². The number of fused-ring (bicyclic) bond motifs is 1. The second-order valence-electron chi connectivity index (χ2n) is 7.90. The fourth-order valence-corrected chi connectivity index (χ4v) is 3.07. The maximum absolute atomic E-state index is 4.77. The van der Waals surface area contributed by atoms with Crippen LogP contribution in [0.3, 0.4) is 0 Å². The minimum absolute atomic E-state index is 0.106. The number of rotatable bonds is 3. The molecule has 8 heteroatoms. The van der Waals surface area contributed by atoms with Gasteiger partial charge in [-0.3, -0.25) is 0 Å². The van der Waals surface area contributed by atoms with E-state index in [1.807, 2.05) is 36.7 Å². The SMILES string of the molecule is Cc1ccnc(N(C)C2CN(c3ccc4nnc(C(C)(C)C)n4n3)C2)n1. The molecule has 3 aromatic heterocycles. The molecule has 0 radical (unpaired) electrons. The minimum atomic E-state index is -0.106. The molecule has 0 atom stereocenters. The number of hydrogen-bond donors (Lipinski definition) is 0. The lowest BCUT2D eigenvalue weighted by Gasteiger charge is -2.44. The van der Waals surface area contributed by atoms with Crippen molar-refractivity contribution in [3.63, 3.8) is 0 Å². The first-order valence-electron chi connectivity index (χ1n) is 8.83. The molecule has 0 saturated carbocycles. The van der Waals surface area contributed by atoms with Gasteiger partial charge in [0.05, 0.1) is 6.04 Å². The van der Waals surface area contributed by atoms with E-state index in [1.165, 1.54) is 0 Å². The Balaban J connectivity index is 1.52. The van der Waals surface area contributed by atoms with E-state index in [2.05, 4.69) is 50.7 Å². The molecule has 0 aliphatic carbocycles. The van der Waals surface area contributed by atoms with Gasteiger partial charge in [0.15, 0.2) is 11.5 Å². The van der Waals surface area contributed by atoms with Gasteiger partial charge in [-0.1, -0.05) is 20.8 Å². The van der Waals surface area contributed by atoms with Crippen LogP contribution in [-0.2, 0) is 5.41 Å². The monoisotopic (exact) mass is 352 g/mol. The Kier molecular flexibility index (Phi) is 3.78. The molecule has 0 N–H and O–H groups in total. The van der Waals surface area contributed by atoms with Crippen molar-refractivity contribution in [1.82, 2.24) is 29.8 Å². The van der Waals surface area contributed by atoms with Crippen LogP contribution in [0.15, 0.2) is 24.4 Å². The lowest BCUT2D eigenvalue weighted by molar-refractivity contribution is 0.480. The van der Waals surface area contributed by atoms with E-state index in [4.69, 9.17) is 5.10 Å². The molecule has 0 aromatic carbocycles. The number of anilines is 2. The molecule has 0 bridgehead atoms. The molecule has 4 rings (SSSR count). The molecule has 0 unspecified atom stereocenters. The summed E-state index contributed by atoms with van der Waals surface area (Å²) in [6.07, 6.45) is 1.81. The minimum Gasteiger partial charge on any atom is -0.351 e. The fourth-order valence-electron chi connectivity index (χ4n) is 3.07. The van der Waals surface area contributed by atoms with Gasteiger partial charge in [-0.25, -0.2) is 9.97 Å². The Morgan fingerprint density at radius 3 is 2.58 bits per heavy atom. The van der Waals surface area contributed by atoms with Crippen molar-refractivity contribution in [3.8, 4) is 0 Å². The lowest BCUT2D eigenvalue weighted by atomic mass is 9.96. The van der Waals surface area contributed by atoms with Crippen LogP contribution in [0.2, 0.25) is 0 Å². The number of aromatic nitrogens is 6. The number of nitrogens with zero attached hydrogens (tertiary/aromatic N) is 8. The Bertz CT molecular complexity index is 936. The Morgan fingerprint density at radius 2 is 1.88 bits per heavy atom. The van der Waals surface area contributed by atoms with Crippen LogP contribution in [0, 0.1) is 6.92 Å². The summed E-state index contributed by atoms with van der Waals surface area (Å²) in [7, 11) is 2.05. The highest BCUT2D eigenvalue weighted by atomic mass is 15.4. The van der Waals surface area contributed by atoms with Crippen molar-refractivity contribution in [2.24, 2.45) is 0 Å². The third-order valence-corrected chi connectivity index (χ3v) is 4.75. The highest BCUT2D eigenvalue weighted by molar-refractivity contribution is 5.50. The maximum atomic E-state index is 4.77. The quantitative estimate of drug-likeness (QED) is 0.712. The van der Waals surface area contributed by atoms with Gasteiger partial charge in [0, 0.05) is 37.4 Å². The van der Waals surface area contributed by atoms with Crippen LogP contribution < -0.4 is 9.80 Å². The van der Waals surface area contributed by atoms with Gasteiger partial charge < -0.3 is 9.80 Å². The van der Waals surface area contributed by atoms with Crippen molar-refractivity contribution in [1.29, 1.82) is 0 Å². The molecular formula is C18H24N8. The topological polar surface area (TPSA) is 75.3 Å². The van der Waals surface area contributed by atoms with E-state index >= 15 is 0 Å². The Hall–Kier alpha value is -2.77. The fraction of sp³-hybridized carbons (Fsp3) is 0.500. The van der Waals surface area contributed by atoms with Crippen LogP contribution in [0.1, 0.15) is 32.3 Å². The molecule has 8 nitrogen and oxygen atoms in total. The molecule has 0 amide bonds. The van der Waals surface area contributed by atoms with Crippen molar-refractivity contribution >= 4 is 17.4 Å². The summed E-state index contributed by atoms with van der Waals surface area (Å²) in [6.45, 7) is 10.1. The predicted octanol–water partition coefficient (Wildman–Crippen LogP) is 1.85. The summed E-state index contributed by atoms with van der Waals surface area (Å²) in [4.78, 5) is 13.3. The maximum Gasteiger partial charge on any atom is 0.225 e. The van der Waals surface area contributed by atoms with Crippen molar-refractivity contribution in [3.05, 3.63) is 35.9 Å². The zero-order valence-electron chi connectivity index (χ0n) is 15.9. The third-order valence-electron chi connectivity index (χ3n) is 4.75. The van der Waals surface area contributed by atoms with Crippen LogP contribution in [0.4, 0.5) is 11.8 Å². The van der Waals surface area contributed by atoms with E-state index in [0.717, 1.165) is 42.0 Å². The summed E-state index contributed by atoms with van der Waals surface area (Å²) >= 11 is 0. The second kappa shape index (κ2) is 5.89. The van der Waals surface area contributed by atoms with Gasteiger partial charge in [0.25, 0.3) is 0 Å². The smallest absolute Gasteiger partial charge is 0.225 e. The first kappa shape index (κ1) is 16.7. The van der Waals surface area contributed by atoms with E-state index in [9.17, 15) is 0 Å². The standard InChI is InChI=1S/C18H24N8/c1-12-8-9-19-17(20-12)24(5)13-10-25(11-13)15-7-6-14-21-22-16(18(2,3)4)26(14)23-15/h6-9,13H,10-11H2,1-5H3. The number of aryl methyl sites for hydroxylation is 1. The summed E-state index contributed by atoms with van der Waals surface area (Å²) in [6, 6.07) is 6.27. The zero-order valence-corrected chi connectivity index (χ0v) is 15.9. The van der Waals surface area contributed by atoms with Crippen LogP contribution in [-0.4, -0.2) is 56.0 Å². The van der Waals surface area contributed by atoms with Gasteiger partial charge >= 0.3 is 0 Å². The number of hydrogen-bond acceptors (Lipinski definition) is 7. The zero-order chi connectivity index (χ0) is 18.5. The van der Waals surface area contributed by atoms with E-state index in [1.54, 1.807) is 6.20 Å². The van der Waals surface area contributed by atoms with Crippen LogP contribution in [0.25, 0.3) is 5.65 Å². The van der Waals surface area contributed by atoms with E-state index in [0.29, 0.717) is 6.04 Å². The molecule has 1 saturated heterocycles. The van der Waals surface area contributed by atoms with Crippen molar-refractivity contribution < 1.29 is 0 Å². The van der Waals surface area contributed by atoms with E-state index in [-0.39, 0.29) is 5.41 Å². The Morgan fingerprint density at radius 1 is 1.12 bits per heavy atom. The summed E-state index contributed by atoms with van der Waals surface area (Å²) < 4.78 is 1.86. The second-order valence-corrected chi connectivity index (χ2v) is 7.90. The molecule has 136 valence electrons. The largest absolute Gasteiger partial charge is 0.351 e. The van der Waals surface area contributed by atoms with Crippen LogP contribution in [0.5, 0.6) is 0 Å². The predicted molar refractivity (Wildman–Crippen MR) is 101 cm³/mol. The lowest BCUT2D eigenvalue weighted by Crippen LogP contribution is -2.59. The normalized spacial score (nSPS) is 15.3. The van der Waals surface area contributed by atoms with Gasteiger partial charge in [0.2, 0.25) is 5.95 Å².